The predicted molar refractivity (Wildman–Crippen MR) is 145 cm³/mol. The fraction of sp³-hybridized carbons (Fsp3) is 0.174. The zero-order chi connectivity index (χ0) is 30.0. The van der Waals surface area contributed by atoms with Gasteiger partial charge in [0, 0.05) is 6.07 Å². The highest BCUT2D eigenvalue weighted by atomic mass is 35.5. The summed E-state index contributed by atoms with van der Waals surface area (Å²) in [4.78, 5) is 41.8. The monoisotopic (exact) mass is 634 g/mol. The van der Waals surface area contributed by atoms with Crippen LogP contribution in [0.2, 0.25) is 15.2 Å². The molecule has 1 heterocycles. The molecule has 0 aliphatic heterocycles. The van der Waals surface area contributed by atoms with Crippen LogP contribution in [-0.2, 0) is 14.8 Å². The van der Waals surface area contributed by atoms with E-state index in [1.807, 2.05) is 0 Å². The van der Waals surface area contributed by atoms with Gasteiger partial charge in [0.2, 0.25) is 11.8 Å². The molecule has 0 unspecified atom stereocenters. The number of hydrogen-bond donors (Lipinski definition) is 3. The number of carboxylic acids is 1. The number of aromatic carboxylic acids is 1. The average Bonchev–Trinajstić information content (AvgIpc) is 2.89. The molecule has 0 atom stereocenters. The Morgan fingerprint density at radius 1 is 0.975 bits per heavy atom. The summed E-state index contributed by atoms with van der Waals surface area (Å²) in [5, 5.41) is 11.2. The smallest absolute Gasteiger partial charge is 0.341 e. The number of nitrogens with zero attached hydrogens (tertiary/aromatic N) is 2. The Labute approximate surface area is 243 Å². The number of nitrogens with one attached hydrogen (secondary N) is 2. The van der Waals surface area contributed by atoms with Crippen LogP contribution < -0.4 is 19.5 Å². The van der Waals surface area contributed by atoms with E-state index in [1.165, 1.54) is 56.7 Å². The number of carboxylic acid groups (broad SMARTS) is 1. The lowest BCUT2D eigenvalue weighted by molar-refractivity contribution is 0.0521. The average molecular weight is 636 g/mol. The van der Waals surface area contributed by atoms with Gasteiger partial charge >= 0.3 is 18.0 Å². The molecular formula is C23H21Cl3N4O9S. The number of sulfonamides is 1. The Kier molecular flexibility index (Phi) is 11.7. The second-order valence-electron chi connectivity index (χ2n) is 7.08. The minimum absolute atomic E-state index is 0.0207. The summed E-state index contributed by atoms with van der Waals surface area (Å²) in [7, 11) is -1.71. The lowest BCUT2D eigenvalue weighted by Gasteiger charge is -2.11. The van der Waals surface area contributed by atoms with Crippen LogP contribution in [-0.4, -0.2) is 62.3 Å². The van der Waals surface area contributed by atoms with Crippen LogP contribution in [0.4, 0.5) is 10.7 Å². The number of urea groups is 1. The number of aromatic nitrogens is 2. The first kappa shape index (κ1) is 32.4. The van der Waals surface area contributed by atoms with Crippen molar-refractivity contribution in [2.24, 2.45) is 0 Å². The number of halogens is 3. The minimum Gasteiger partial charge on any atom is -0.494 e. The molecular weight excluding hydrogens is 615 g/mol. The second kappa shape index (κ2) is 14.5. The van der Waals surface area contributed by atoms with E-state index in [0.29, 0.717) is 0 Å². The number of benzene rings is 2. The summed E-state index contributed by atoms with van der Waals surface area (Å²) in [6.07, 6.45) is 0. The van der Waals surface area contributed by atoms with Gasteiger partial charge in [0.15, 0.2) is 5.75 Å². The summed E-state index contributed by atoms with van der Waals surface area (Å²) < 4.78 is 41.2. The van der Waals surface area contributed by atoms with Gasteiger partial charge < -0.3 is 19.3 Å². The Morgan fingerprint density at radius 3 is 2.20 bits per heavy atom. The van der Waals surface area contributed by atoms with E-state index in [2.05, 4.69) is 15.3 Å². The highest BCUT2D eigenvalue weighted by Crippen LogP contribution is 2.33. The SMILES string of the molecule is CCOC(=O)c1ccccc1S(=O)(=O)NC(=O)Nc1nc(Cl)cc(OC)n1.COc1c(Cl)ccc(Cl)c1C(=O)O. The zero-order valence-electron chi connectivity index (χ0n) is 20.9. The van der Waals surface area contributed by atoms with E-state index >= 15 is 0 Å². The molecule has 0 aliphatic rings. The van der Waals surface area contributed by atoms with E-state index in [-0.39, 0.29) is 50.5 Å². The quantitative estimate of drug-likeness (QED) is 0.233. The number of methoxy groups -OCH3 is 2. The number of anilines is 1. The number of amides is 2. The number of ether oxygens (including phenoxy) is 3. The van der Waals surface area contributed by atoms with Crippen molar-refractivity contribution in [1.29, 1.82) is 0 Å². The third-order valence-corrected chi connectivity index (χ3v) is 6.68. The minimum atomic E-state index is -4.38. The molecule has 214 valence electrons. The first-order valence-electron chi connectivity index (χ1n) is 10.8. The molecule has 3 rings (SSSR count). The van der Waals surface area contributed by atoms with E-state index < -0.39 is 32.9 Å². The van der Waals surface area contributed by atoms with Crippen molar-refractivity contribution >= 4 is 68.7 Å². The molecule has 17 heteroatoms. The molecule has 2 aromatic carbocycles. The van der Waals surface area contributed by atoms with Crippen molar-refractivity contribution in [2.75, 3.05) is 26.1 Å². The number of esters is 1. The molecule has 13 nitrogen and oxygen atoms in total. The standard InChI is InChI=1S/C15H15ClN4O6S.C8H6Cl2O3/c1-3-26-13(21)9-6-4-5-7-10(9)27(23,24)20-15(22)19-14-17-11(16)8-12(18-14)25-2;1-13-7-5(10)3-2-4(9)6(7)8(11)12/h4-8H,3H2,1-2H3,(H2,17,18,19,20,22);2-3H,1H3,(H,11,12). The van der Waals surface area contributed by atoms with Gasteiger partial charge in [-0.25, -0.2) is 32.5 Å². The van der Waals surface area contributed by atoms with Crippen molar-refractivity contribution in [3.8, 4) is 11.6 Å². The Morgan fingerprint density at radius 2 is 1.62 bits per heavy atom. The molecule has 1 aromatic heterocycles. The van der Waals surface area contributed by atoms with Gasteiger partial charge in [-0.2, -0.15) is 4.98 Å². The van der Waals surface area contributed by atoms with Crippen LogP contribution in [0.25, 0.3) is 0 Å². The lowest BCUT2D eigenvalue weighted by Crippen LogP contribution is -2.35. The first-order chi connectivity index (χ1) is 18.8. The molecule has 0 fully saturated rings. The molecule has 40 heavy (non-hydrogen) atoms. The van der Waals surface area contributed by atoms with Crippen LogP contribution >= 0.6 is 34.8 Å². The second-order valence-corrected chi connectivity index (χ2v) is 9.93. The molecule has 0 saturated heterocycles. The summed E-state index contributed by atoms with van der Waals surface area (Å²) in [6.45, 7) is 1.65. The third kappa shape index (κ3) is 8.58. The molecule has 3 N–H and O–H groups in total. The van der Waals surface area contributed by atoms with Gasteiger partial charge in [-0.1, -0.05) is 46.9 Å². The highest BCUT2D eigenvalue weighted by Gasteiger charge is 2.25. The molecule has 0 aliphatic carbocycles. The van der Waals surface area contributed by atoms with Crippen molar-refractivity contribution in [2.45, 2.75) is 11.8 Å². The van der Waals surface area contributed by atoms with Crippen LogP contribution in [0, 0.1) is 0 Å². The van der Waals surface area contributed by atoms with Crippen molar-refractivity contribution in [3.05, 3.63) is 68.8 Å². The summed E-state index contributed by atoms with van der Waals surface area (Å²) in [6, 6.07) is 8.36. The van der Waals surface area contributed by atoms with Gasteiger partial charge in [0.1, 0.15) is 15.6 Å². The van der Waals surface area contributed by atoms with Crippen LogP contribution in [0.1, 0.15) is 27.6 Å². The molecule has 0 bridgehead atoms. The van der Waals surface area contributed by atoms with Crippen LogP contribution in [0.5, 0.6) is 11.6 Å². The summed E-state index contributed by atoms with van der Waals surface area (Å²) in [5.41, 5.74) is -0.322. The molecule has 0 saturated carbocycles. The summed E-state index contributed by atoms with van der Waals surface area (Å²) in [5.74, 6) is -2.11. The number of hydrogen-bond acceptors (Lipinski definition) is 10. The van der Waals surface area contributed by atoms with Crippen molar-refractivity contribution in [3.63, 3.8) is 0 Å². The number of carbonyl (C=O) groups excluding carboxylic acids is 2. The van der Waals surface area contributed by atoms with Gasteiger partial charge in [-0.3, -0.25) is 5.32 Å². The molecule has 3 aromatic rings. The third-order valence-electron chi connectivity index (χ3n) is 4.48. The maximum atomic E-state index is 12.5. The fourth-order valence-corrected chi connectivity index (χ4v) is 4.61. The normalized spacial score (nSPS) is 10.4. The van der Waals surface area contributed by atoms with Gasteiger partial charge in [0.05, 0.1) is 36.4 Å². The van der Waals surface area contributed by atoms with Crippen LogP contribution in [0.15, 0.2) is 47.4 Å². The maximum Gasteiger partial charge on any atom is 0.341 e. The highest BCUT2D eigenvalue weighted by molar-refractivity contribution is 7.90. The Balaban J connectivity index is 0.000000360. The first-order valence-corrected chi connectivity index (χ1v) is 13.4. The zero-order valence-corrected chi connectivity index (χ0v) is 24.0. The van der Waals surface area contributed by atoms with Crippen molar-refractivity contribution < 1.29 is 42.1 Å². The van der Waals surface area contributed by atoms with Gasteiger partial charge in [0.25, 0.3) is 10.0 Å². The van der Waals surface area contributed by atoms with E-state index in [0.717, 1.165) is 0 Å². The largest absolute Gasteiger partial charge is 0.494 e. The Bertz CT molecular complexity index is 1520. The topological polar surface area (TPSA) is 183 Å². The number of carbonyl (C=O) groups is 3. The van der Waals surface area contributed by atoms with E-state index in [9.17, 15) is 22.8 Å². The number of rotatable bonds is 8. The van der Waals surface area contributed by atoms with Crippen molar-refractivity contribution in [1.82, 2.24) is 14.7 Å². The fourth-order valence-electron chi connectivity index (χ4n) is 2.87. The molecule has 0 radical (unpaired) electrons. The lowest BCUT2D eigenvalue weighted by atomic mass is 10.2. The Hall–Kier alpha value is -3.85. The maximum absolute atomic E-state index is 12.5. The van der Waals surface area contributed by atoms with E-state index in [1.54, 1.807) is 11.6 Å². The van der Waals surface area contributed by atoms with Crippen LogP contribution in [0.3, 0.4) is 0 Å². The molecule has 0 spiro atoms. The predicted octanol–water partition coefficient (Wildman–Crippen LogP) is 4.53. The van der Waals surface area contributed by atoms with Gasteiger partial charge in [-0.05, 0) is 31.2 Å². The van der Waals surface area contributed by atoms with E-state index in [4.69, 9.17) is 54.1 Å². The summed E-state index contributed by atoms with van der Waals surface area (Å²) >= 11 is 17.1. The van der Waals surface area contributed by atoms with Gasteiger partial charge in [-0.15, -0.1) is 0 Å². The molecule has 2 amide bonds.